The van der Waals surface area contributed by atoms with Crippen molar-refractivity contribution in [1.29, 1.82) is 0 Å². The van der Waals surface area contributed by atoms with Crippen LogP contribution in [0.4, 0.5) is 0 Å². The molecule has 0 unspecified atom stereocenters. The highest BCUT2D eigenvalue weighted by atomic mass is 32.1. The molecule has 0 radical (unpaired) electrons. The first-order valence-electron chi connectivity index (χ1n) is 8.31. The maximum Gasteiger partial charge on any atom is 0.264 e. The van der Waals surface area contributed by atoms with Gasteiger partial charge in [0.05, 0.1) is 31.3 Å². The van der Waals surface area contributed by atoms with Gasteiger partial charge < -0.3 is 19.1 Å². The second kappa shape index (κ2) is 8.47. The molecule has 1 saturated heterocycles. The second-order valence-corrected chi connectivity index (χ2v) is 7.16. The number of ether oxygens (including phenoxy) is 3. The molecular formula is C19H23NO4S. The van der Waals surface area contributed by atoms with Crippen molar-refractivity contribution in [3.63, 3.8) is 0 Å². The third-order valence-corrected chi connectivity index (χ3v) is 5.25. The van der Waals surface area contributed by atoms with Gasteiger partial charge >= 0.3 is 0 Å². The van der Waals surface area contributed by atoms with Crippen LogP contribution in [0.15, 0.2) is 36.4 Å². The van der Waals surface area contributed by atoms with Crippen LogP contribution < -0.4 is 4.74 Å². The zero-order valence-corrected chi connectivity index (χ0v) is 15.4. The van der Waals surface area contributed by atoms with Crippen LogP contribution in [0.5, 0.6) is 5.75 Å². The van der Waals surface area contributed by atoms with E-state index in [-0.39, 0.29) is 12.0 Å². The van der Waals surface area contributed by atoms with Gasteiger partial charge in [0.15, 0.2) is 0 Å². The Morgan fingerprint density at radius 2 is 2.04 bits per heavy atom. The Labute approximate surface area is 152 Å². The molecule has 0 N–H and O–H groups in total. The third kappa shape index (κ3) is 4.60. The molecule has 0 saturated carbocycles. The lowest BCUT2D eigenvalue weighted by Gasteiger charge is -2.32. The van der Waals surface area contributed by atoms with Crippen LogP contribution in [0.3, 0.4) is 0 Å². The number of carbonyl (C=O) groups is 1. The lowest BCUT2D eigenvalue weighted by Crippen LogP contribution is -2.46. The van der Waals surface area contributed by atoms with E-state index in [1.807, 2.05) is 41.3 Å². The van der Waals surface area contributed by atoms with Crippen molar-refractivity contribution >= 4 is 17.2 Å². The number of morpholine rings is 1. The monoisotopic (exact) mass is 361 g/mol. The van der Waals surface area contributed by atoms with Gasteiger partial charge in [0.1, 0.15) is 5.75 Å². The summed E-state index contributed by atoms with van der Waals surface area (Å²) in [6.07, 6.45) is 0.803. The van der Waals surface area contributed by atoms with E-state index in [9.17, 15) is 4.79 Å². The van der Waals surface area contributed by atoms with Crippen molar-refractivity contribution in [2.45, 2.75) is 19.1 Å². The fourth-order valence-corrected chi connectivity index (χ4v) is 3.87. The van der Waals surface area contributed by atoms with Crippen molar-refractivity contribution in [3.05, 3.63) is 51.7 Å². The highest BCUT2D eigenvalue weighted by Gasteiger charge is 2.26. The van der Waals surface area contributed by atoms with Gasteiger partial charge in [-0.25, -0.2) is 0 Å². The number of benzene rings is 1. The predicted octanol–water partition coefficient (Wildman–Crippen LogP) is 2.99. The summed E-state index contributed by atoms with van der Waals surface area (Å²) in [4.78, 5) is 16.4. The van der Waals surface area contributed by atoms with Gasteiger partial charge in [-0.2, -0.15) is 0 Å². The number of carbonyl (C=O) groups excluding carboxylic acids is 1. The average molecular weight is 361 g/mol. The molecular weight excluding hydrogens is 338 g/mol. The highest BCUT2D eigenvalue weighted by Crippen LogP contribution is 2.21. The number of amides is 1. The Morgan fingerprint density at radius 1 is 1.24 bits per heavy atom. The van der Waals surface area contributed by atoms with Gasteiger partial charge in [0, 0.05) is 31.5 Å². The summed E-state index contributed by atoms with van der Waals surface area (Å²) >= 11 is 1.50. The molecule has 0 aliphatic carbocycles. The molecule has 0 bridgehead atoms. The predicted molar refractivity (Wildman–Crippen MR) is 97.4 cm³/mol. The summed E-state index contributed by atoms with van der Waals surface area (Å²) in [5.41, 5.74) is 1.18. The van der Waals surface area contributed by atoms with E-state index in [4.69, 9.17) is 14.2 Å². The summed E-state index contributed by atoms with van der Waals surface area (Å²) in [5.74, 6) is 0.921. The Bertz CT molecular complexity index is 698. The molecule has 1 aliphatic heterocycles. The number of rotatable bonds is 6. The number of hydrogen-bond acceptors (Lipinski definition) is 5. The normalized spacial score (nSPS) is 17.5. The smallest absolute Gasteiger partial charge is 0.264 e. The zero-order valence-electron chi connectivity index (χ0n) is 14.6. The fraction of sp³-hybridized carbons (Fsp3) is 0.421. The summed E-state index contributed by atoms with van der Waals surface area (Å²) < 4.78 is 16.2. The van der Waals surface area contributed by atoms with Crippen LogP contribution in [0.25, 0.3) is 0 Å². The summed E-state index contributed by atoms with van der Waals surface area (Å²) in [7, 11) is 3.32. The first-order chi connectivity index (χ1) is 12.2. The molecule has 1 amide bonds. The van der Waals surface area contributed by atoms with Gasteiger partial charge in [0.25, 0.3) is 5.91 Å². The molecule has 3 rings (SSSR count). The molecule has 1 aliphatic rings. The van der Waals surface area contributed by atoms with E-state index in [1.165, 1.54) is 16.9 Å². The SMILES string of the molecule is COCc1ccc(C(=O)N2CCO[C@@H](Cc3ccc(OC)cc3)C2)s1. The average Bonchev–Trinajstić information content (AvgIpc) is 3.11. The molecule has 1 aromatic carbocycles. The summed E-state index contributed by atoms with van der Waals surface area (Å²) in [6, 6.07) is 11.8. The molecule has 25 heavy (non-hydrogen) atoms. The quantitative estimate of drug-likeness (QED) is 0.794. The third-order valence-electron chi connectivity index (χ3n) is 4.21. The van der Waals surface area contributed by atoms with Gasteiger partial charge in [-0.15, -0.1) is 11.3 Å². The van der Waals surface area contributed by atoms with Crippen LogP contribution in [-0.4, -0.2) is 50.8 Å². The second-order valence-electron chi connectivity index (χ2n) is 6.00. The van der Waals surface area contributed by atoms with Gasteiger partial charge in [-0.05, 0) is 29.8 Å². The van der Waals surface area contributed by atoms with Crippen LogP contribution >= 0.6 is 11.3 Å². The minimum atomic E-state index is 0.0181. The number of hydrogen-bond donors (Lipinski definition) is 0. The molecule has 6 heteroatoms. The molecule has 1 fully saturated rings. The van der Waals surface area contributed by atoms with E-state index in [2.05, 4.69) is 0 Å². The lowest BCUT2D eigenvalue weighted by atomic mass is 10.1. The molecule has 0 spiro atoms. The Balaban J connectivity index is 1.60. The minimum absolute atomic E-state index is 0.0181. The molecule has 1 atom stereocenters. The highest BCUT2D eigenvalue weighted by molar-refractivity contribution is 7.14. The van der Waals surface area contributed by atoms with E-state index >= 15 is 0 Å². The molecule has 2 aromatic rings. The Morgan fingerprint density at radius 3 is 2.76 bits per heavy atom. The maximum absolute atomic E-state index is 12.7. The molecule has 5 nitrogen and oxygen atoms in total. The van der Waals surface area contributed by atoms with Crippen LogP contribution in [0.1, 0.15) is 20.1 Å². The first kappa shape index (κ1) is 17.9. The van der Waals surface area contributed by atoms with Crippen molar-refractivity contribution in [2.24, 2.45) is 0 Å². The first-order valence-corrected chi connectivity index (χ1v) is 9.12. The Hall–Kier alpha value is -1.89. The summed E-state index contributed by atoms with van der Waals surface area (Å²) in [6.45, 7) is 2.36. The van der Waals surface area contributed by atoms with E-state index < -0.39 is 0 Å². The van der Waals surface area contributed by atoms with E-state index in [1.54, 1.807) is 14.2 Å². The van der Waals surface area contributed by atoms with Crippen molar-refractivity contribution in [2.75, 3.05) is 33.9 Å². The molecule has 134 valence electrons. The maximum atomic E-state index is 12.7. The molecule has 2 heterocycles. The zero-order chi connectivity index (χ0) is 17.6. The minimum Gasteiger partial charge on any atom is -0.497 e. The van der Waals surface area contributed by atoms with E-state index in [0.717, 1.165) is 21.9 Å². The van der Waals surface area contributed by atoms with Gasteiger partial charge in [0.2, 0.25) is 0 Å². The van der Waals surface area contributed by atoms with E-state index in [0.29, 0.717) is 26.3 Å². The lowest BCUT2D eigenvalue weighted by molar-refractivity contribution is -0.0206. The summed E-state index contributed by atoms with van der Waals surface area (Å²) in [5, 5.41) is 0. The van der Waals surface area contributed by atoms with Crippen LogP contribution in [0.2, 0.25) is 0 Å². The Kier molecular flexibility index (Phi) is 6.07. The van der Waals surface area contributed by atoms with Gasteiger partial charge in [-0.1, -0.05) is 12.1 Å². The van der Waals surface area contributed by atoms with Crippen LogP contribution in [-0.2, 0) is 22.5 Å². The van der Waals surface area contributed by atoms with Gasteiger partial charge in [-0.3, -0.25) is 4.79 Å². The number of methoxy groups -OCH3 is 2. The van der Waals surface area contributed by atoms with Crippen molar-refractivity contribution in [3.8, 4) is 5.75 Å². The number of thiophene rings is 1. The largest absolute Gasteiger partial charge is 0.497 e. The molecule has 1 aromatic heterocycles. The standard InChI is InChI=1S/C19H23NO4S/c1-22-13-17-7-8-18(25-17)19(21)20-9-10-24-16(12-20)11-14-3-5-15(23-2)6-4-14/h3-8,16H,9-13H2,1-2H3/t16-/m0/s1. The van der Waals surface area contributed by atoms with Crippen molar-refractivity contribution in [1.82, 2.24) is 4.90 Å². The number of nitrogens with zero attached hydrogens (tertiary/aromatic N) is 1. The van der Waals surface area contributed by atoms with Crippen molar-refractivity contribution < 1.29 is 19.0 Å². The topological polar surface area (TPSA) is 48.0 Å². The fourth-order valence-electron chi connectivity index (χ4n) is 2.92. The van der Waals surface area contributed by atoms with Crippen LogP contribution in [0, 0.1) is 0 Å².